The van der Waals surface area contributed by atoms with E-state index < -0.39 is 11.9 Å². The minimum atomic E-state index is -4.51. The monoisotopic (exact) mass is 454 g/mol. The SMILES string of the molecule is Cc1cnc(-c2ncccn2)c(C(=O)N2C3CCC2C(Cc2cnc(C(F)(F)F)cn2)C3)c1. The number of nitrogens with zero attached hydrogens (tertiary/aromatic N) is 6. The minimum absolute atomic E-state index is 0.00310. The van der Waals surface area contributed by atoms with Gasteiger partial charge < -0.3 is 4.90 Å². The molecule has 3 aromatic heterocycles. The molecule has 5 rings (SSSR count). The van der Waals surface area contributed by atoms with Crippen molar-refractivity contribution in [3.63, 3.8) is 0 Å². The Morgan fingerprint density at radius 1 is 1.06 bits per heavy atom. The number of hydrogen-bond acceptors (Lipinski definition) is 6. The van der Waals surface area contributed by atoms with Crippen molar-refractivity contribution in [2.24, 2.45) is 5.92 Å². The number of rotatable bonds is 4. The molecule has 2 aliphatic rings. The second-order valence-corrected chi connectivity index (χ2v) is 8.58. The zero-order chi connectivity index (χ0) is 23.2. The Bertz CT molecular complexity index is 1170. The number of carbonyl (C=O) groups excluding carboxylic acids is 1. The molecule has 0 aliphatic carbocycles. The van der Waals surface area contributed by atoms with E-state index in [1.807, 2.05) is 17.9 Å². The zero-order valence-electron chi connectivity index (χ0n) is 17.8. The van der Waals surface area contributed by atoms with Gasteiger partial charge in [-0.05, 0) is 56.2 Å². The number of aryl methyl sites for hydroxylation is 1. The molecule has 2 aliphatic heterocycles. The summed E-state index contributed by atoms with van der Waals surface area (Å²) < 4.78 is 38.3. The van der Waals surface area contributed by atoms with Crippen LogP contribution in [0.3, 0.4) is 0 Å². The van der Waals surface area contributed by atoms with Gasteiger partial charge in [-0.3, -0.25) is 14.8 Å². The number of fused-ring (bicyclic) bond motifs is 2. The molecule has 5 heterocycles. The number of hydrogen-bond donors (Lipinski definition) is 0. The van der Waals surface area contributed by atoms with E-state index in [1.54, 1.807) is 24.7 Å². The van der Waals surface area contributed by atoms with E-state index in [4.69, 9.17) is 0 Å². The molecule has 3 atom stereocenters. The van der Waals surface area contributed by atoms with Gasteiger partial charge in [-0.25, -0.2) is 15.0 Å². The zero-order valence-corrected chi connectivity index (χ0v) is 17.8. The molecule has 2 fully saturated rings. The Labute approximate surface area is 188 Å². The Morgan fingerprint density at radius 2 is 1.85 bits per heavy atom. The van der Waals surface area contributed by atoms with Crippen molar-refractivity contribution in [3.05, 3.63) is 65.6 Å². The Hall–Kier alpha value is -3.43. The van der Waals surface area contributed by atoms with E-state index in [1.165, 1.54) is 6.20 Å². The van der Waals surface area contributed by atoms with Crippen molar-refractivity contribution in [1.29, 1.82) is 0 Å². The van der Waals surface area contributed by atoms with Crippen molar-refractivity contribution in [2.45, 2.75) is 50.9 Å². The lowest BCUT2D eigenvalue weighted by Crippen LogP contribution is -2.37. The molecule has 1 amide bonds. The molecule has 170 valence electrons. The molecular formula is C23H21F3N6O. The molecule has 7 nitrogen and oxygen atoms in total. The minimum Gasteiger partial charge on any atom is -0.332 e. The average Bonchev–Trinajstić information content (AvgIpc) is 3.36. The maximum absolute atomic E-state index is 13.7. The molecule has 0 saturated carbocycles. The van der Waals surface area contributed by atoms with E-state index in [2.05, 4.69) is 24.9 Å². The fraction of sp³-hybridized carbons (Fsp3) is 0.391. The van der Waals surface area contributed by atoms with Gasteiger partial charge in [0.15, 0.2) is 11.5 Å². The van der Waals surface area contributed by atoms with Crippen LogP contribution in [0.2, 0.25) is 0 Å². The molecule has 10 heteroatoms. The maximum atomic E-state index is 13.7. The number of aromatic nitrogens is 5. The summed E-state index contributed by atoms with van der Waals surface area (Å²) in [6.07, 6.45) is 5.39. The highest BCUT2D eigenvalue weighted by atomic mass is 19.4. The molecule has 2 bridgehead atoms. The third kappa shape index (κ3) is 4.05. The van der Waals surface area contributed by atoms with Gasteiger partial charge in [0.1, 0.15) is 5.69 Å². The number of carbonyl (C=O) groups is 1. The fourth-order valence-electron chi connectivity index (χ4n) is 4.99. The molecular weight excluding hydrogens is 433 g/mol. The van der Waals surface area contributed by atoms with E-state index in [9.17, 15) is 18.0 Å². The highest BCUT2D eigenvalue weighted by Gasteiger charge is 2.49. The first kappa shape index (κ1) is 21.4. The summed E-state index contributed by atoms with van der Waals surface area (Å²) in [6.45, 7) is 1.88. The maximum Gasteiger partial charge on any atom is 0.434 e. The normalized spacial score (nSPS) is 22.1. The number of alkyl halides is 3. The van der Waals surface area contributed by atoms with Crippen LogP contribution in [-0.2, 0) is 12.6 Å². The van der Waals surface area contributed by atoms with Crippen molar-refractivity contribution < 1.29 is 18.0 Å². The lowest BCUT2D eigenvalue weighted by Gasteiger charge is -2.25. The summed E-state index contributed by atoms with van der Waals surface area (Å²) >= 11 is 0. The molecule has 0 N–H and O–H groups in total. The molecule has 3 aromatic rings. The van der Waals surface area contributed by atoms with Crippen molar-refractivity contribution in [2.75, 3.05) is 0 Å². The summed E-state index contributed by atoms with van der Waals surface area (Å²) in [6, 6.07) is 3.60. The van der Waals surface area contributed by atoms with Crippen LogP contribution < -0.4 is 0 Å². The van der Waals surface area contributed by atoms with Crippen LogP contribution in [0.4, 0.5) is 13.2 Å². The smallest absolute Gasteiger partial charge is 0.332 e. The fourth-order valence-corrected chi connectivity index (χ4v) is 4.99. The van der Waals surface area contributed by atoms with Crippen LogP contribution in [0.25, 0.3) is 11.5 Å². The molecule has 33 heavy (non-hydrogen) atoms. The standard InChI is InChI=1S/C23H21F3N6O/c1-13-7-17(20(31-10-13)21-27-5-2-6-28-21)22(33)32-16-3-4-18(32)14(9-16)8-15-11-30-19(12-29-15)23(24,25)26/h2,5-7,10-12,14,16,18H,3-4,8-9H2,1H3. The summed E-state index contributed by atoms with van der Waals surface area (Å²) in [5.41, 5.74) is 1.28. The van der Waals surface area contributed by atoms with Gasteiger partial charge in [-0.15, -0.1) is 0 Å². The van der Waals surface area contributed by atoms with E-state index in [0.29, 0.717) is 29.2 Å². The summed E-state index contributed by atoms with van der Waals surface area (Å²) in [4.78, 5) is 36.1. The van der Waals surface area contributed by atoms with Crippen molar-refractivity contribution in [3.8, 4) is 11.5 Å². The summed E-state index contributed by atoms with van der Waals surface area (Å²) in [5, 5.41) is 0. The lowest BCUT2D eigenvalue weighted by molar-refractivity contribution is -0.141. The van der Waals surface area contributed by atoms with E-state index in [-0.39, 0.29) is 23.9 Å². The van der Waals surface area contributed by atoms with Crippen LogP contribution in [0.1, 0.15) is 46.6 Å². The van der Waals surface area contributed by atoms with Gasteiger partial charge in [0.25, 0.3) is 5.91 Å². The van der Waals surface area contributed by atoms with Gasteiger partial charge in [0.2, 0.25) is 0 Å². The van der Waals surface area contributed by atoms with Gasteiger partial charge in [-0.2, -0.15) is 13.2 Å². The Balaban J connectivity index is 1.39. The predicted molar refractivity (Wildman–Crippen MR) is 112 cm³/mol. The van der Waals surface area contributed by atoms with Gasteiger partial charge in [-0.1, -0.05) is 0 Å². The van der Waals surface area contributed by atoms with Crippen LogP contribution in [-0.4, -0.2) is 47.8 Å². The first-order valence-electron chi connectivity index (χ1n) is 10.8. The number of pyridine rings is 1. The van der Waals surface area contributed by atoms with Crippen molar-refractivity contribution >= 4 is 5.91 Å². The second kappa shape index (κ2) is 8.17. The number of amides is 1. The van der Waals surface area contributed by atoms with Gasteiger partial charge in [0, 0.05) is 36.9 Å². The Morgan fingerprint density at radius 3 is 2.55 bits per heavy atom. The highest BCUT2D eigenvalue weighted by Crippen LogP contribution is 2.44. The first-order valence-corrected chi connectivity index (χ1v) is 10.8. The highest BCUT2D eigenvalue weighted by molar-refractivity contribution is 6.00. The molecule has 0 spiro atoms. The predicted octanol–water partition coefficient (Wildman–Crippen LogP) is 3.89. The third-order valence-electron chi connectivity index (χ3n) is 6.40. The first-order chi connectivity index (χ1) is 15.8. The van der Waals surface area contributed by atoms with Crippen LogP contribution in [0, 0.1) is 12.8 Å². The lowest BCUT2D eigenvalue weighted by atomic mass is 9.86. The van der Waals surface area contributed by atoms with Crippen LogP contribution in [0.5, 0.6) is 0 Å². The molecule has 2 saturated heterocycles. The Kier molecular flexibility index (Phi) is 5.30. The quantitative estimate of drug-likeness (QED) is 0.595. The van der Waals surface area contributed by atoms with Crippen LogP contribution >= 0.6 is 0 Å². The molecule has 0 radical (unpaired) electrons. The average molecular weight is 454 g/mol. The van der Waals surface area contributed by atoms with E-state index >= 15 is 0 Å². The van der Waals surface area contributed by atoms with E-state index in [0.717, 1.165) is 31.0 Å². The summed E-state index contributed by atoms with van der Waals surface area (Å²) in [7, 11) is 0. The van der Waals surface area contributed by atoms with Crippen molar-refractivity contribution in [1.82, 2.24) is 29.8 Å². The van der Waals surface area contributed by atoms with Gasteiger partial charge >= 0.3 is 6.18 Å². The second-order valence-electron chi connectivity index (χ2n) is 8.58. The topological polar surface area (TPSA) is 84.8 Å². The molecule has 3 unspecified atom stereocenters. The summed E-state index contributed by atoms with van der Waals surface area (Å²) in [5.74, 6) is 0.402. The molecule has 0 aromatic carbocycles. The van der Waals surface area contributed by atoms with Gasteiger partial charge in [0.05, 0.1) is 17.5 Å². The number of halogens is 3. The largest absolute Gasteiger partial charge is 0.434 e. The van der Waals surface area contributed by atoms with Crippen LogP contribution in [0.15, 0.2) is 43.1 Å². The third-order valence-corrected chi connectivity index (χ3v) is 6.40.